The zero-order valence-electron chi connectivity index (χ0n) is 16.4. The van der Waals surface area contributed by atoms with Crippen LogP contribution < -0.4 is 10.2 Å². The fourth-order valence-electron chi connectivity index (χ4n) is 2.84. The highest BCUT2D eigenvalue weighted by Gasteiger charge is 2.32. The van der Waals surface area contributed by atoms with Crippen molar-refractivity contribution in [3.05, 3.63) is 46.3 Å². The van der Waals surface area contributed by atoms with Gasteiger partial charge in [0.1, 0.15) is 5.00 Å². The third-order valence-electron chi connectivity index (χ3n) is 4.88. The number of likely N-dealkylation sites (N-methyl/N-ethyl adjacent to an activating group) is 1. The van der Waals surface area contributed by atoms with Crippen molar-refractivity contribution in [3.63, 3.8) is 0 Å². The highest BCUT2D eigenvalue weighted by Crippen LogP contribution is 2.36. The van der Waals surface area contributed by atoms with E-state index < -0.39 is 12.1 Å². The fraction of sp³-hybridized carbons (Fsp3) is 0.381. The molecule has 148 valence electrons. The molecule has 1 aromatic heterocycles. The van der Waals surface area contributed by atoms with Gasteiger partial charge in [0, 0.05) is 23.5 Å². The smallest absolute Gasteiger partial charge is 0.342 e. The van der Waals surface area contributed by atoms with E-state index in [0.29, 0.717) is 10.6 Å². The van der Waals surface area contributed by atoms with Gasteiger partial charge in [0.05, 0.1) is 5.56 Å². The van der Waals surface area contributed by atoms with E-state index in [1.54, 1.807) is 14.0 Å². The second kappa shape index (κ2) is 8.14. The number of nitrogens with one attached hydrogen (secondary N) is 1. The average molecular weight is 401 g/mol. The van der Waals surface area contributed by atoms with Gasteiger partial charge in [0.2, 0.25) is 5.91 Å². The van der Waals surface area contributed by atoms with Gasteiger partial charge in [-0.1, -0.05) is 18.2 Å². The monoisotopic (exact) mass is 400 g/mol. The van der Waals surface area contributed by atoms with Crippen LogP contribution in [-0.2, 0) is 14.3 Å². The first kappa shape index (κ1) is 20.1. The summed E-state index contributed by atoms with van der Waals surface area (Å²) in [7, 11) is 1.64. The second-order valence-electron chi connectivity index (χ2n) is 7.03. The molecule has 0 saturated heterocycles. The summed E-state index contributed by atoms with van der Waals surface area (Å²) in [6, 6.07) is 9.16. The van der Waals surface area contributed by atoms with Crippen LogP contribution in [0.5, 0.6) is 0 Å². The van der Waals surface area contributed by atoms with Crippen molar-refractivity contribution in [1.82, 2.24) is 0 Å². The minimum atomic E-state index is -0.954. The third kappa shape index (κ3) is 4.25. The SMILES string of the molecule is Cc1sc(NC(=O)C2CC2)c(C(=O)O[C@@H](C)C(=O)N(C)c2ccccc2)c1C. The number of rotatable bonds is 6. The van der Waals surface area contributed by atoms with Crippen LogP contribution in [0.25, 0.3) is 0 Å². The summed E-state index contributed by atoms with van der Waals surface area (Å²) >= 11 is 1.35. The van der Waals surface area contributed by atoms with Crippen molar-refractivity contribution in [1.29, 1.82) is 0 Å². The Morgan fingerprint density at radius 3 is 2.43 bits per heavy atom. The molecule has 2 aromatic rings. The molecular formula is C21H24N2O4S. The Kier molecular flexibility index (Phi) is 5.84. The lowest BCUT2D eigenvalue weighted by Gasteiger charge is -2.21. The van der Waals surface area contributed by atoms with Gasteiger partial charge in [-0.25, -0.2) is 4.79 Å². The molecule has 6 nitrogen and oxygen atoms in total. The molecule has 1 N–H and O–H groups in total. The van der Waals surface area contributed by atoms with Crippen LogP contribution in [0.15, 0.2) is 30.3 Å². The predicted octanol–water partition coefficient (Wildman–Crippen LogP) is 3.92. The molecule has 1 aliphatic carbocycles. The van der Waals surface area contributed by atoms with Crippen LogP contribution in [0.3, 0.4) is 0 Å². The summed E-state index contributed by atoms with van der Waals surface area (Å²) in [5.74, 6) is -0.960. The molecule has 0 spiro atoms. The van der Waals surface area contributed by atoms with Crippen molar-refractivity contribution >= 4 is 39.8 Å². The zero-order valence-corrected chi connectivity index (χ0v) is 17.3. The van der Waals surface area contributed by atoms with E-state index in [1.165, 1.54) is 16.2 Å². The van der Waals surface area contributed by atoms with Gasteiger partial charge in [-0.2, -0.15) is 0 Å². The van der Waals surface area contributed by atoms with Crippen LogP contribution in [0.2, 0.25) is 0 Å². The zero-order chi connectivity index (χ0) is 20.4. The number of thiophene rings is 1. The molecule has 2 amide bonds. The Morgan fingerprint density at radius 2 is 1.82 bits per heavy atom. The first-order valence-electron chi connectivity index (χ1n) is 9.24. The lowest BCUT2D eigenvalue weighted by Crippen LogP contribution is -2.37. The van der Waals surface area contributed by atoms with E-state index in [0.717, 1.165) is 29.0 Å². The highest BCUT2D eigenvalue weighted by atomic mass is 32.1. The topological polar surface area (TPSA) is 75.7 Å². The number of ether oxygens (including phenoxy) is 1. The van der Waals surface area contributed by atoms with E-state index >= 15 is 0 Å². The molecule has 28 heavy (non-hydrogen) atoms. The number of para-hydroxylation sites is 1. The maximum absolute atomic E-state index is 12.8. The maximum Gasteiger partial charge on any atom is 0.342 e. The summed E-state index contributed by atoms with van der Waals surface area (Å²) < 4.78 is 5.46. The number of nitrogens with zero attached hydrogens (tertiary/aromatic N) is 1. The molecule has 0 aliphatic heterocycles. The van der Waals surface area contributed by atoms with Crippen LogP contribution >= 0.6 is 11.3 Å². The first-order chi connectivity index (χ1) is 13.3. The van der Waals surface area contributed by atoms with Gasteiger partial charge >= 0.3 is 5.97 Å². The number of hydrogen-bond donors (Lipinski definition) is 1. The van der Waals surface area contributed by atoms with E-state index in [1.807, 2.05) is 44.2 Å². The van der Waals surface area contributed by atoms with Crippen molar-refractivity contribution in [2.45, 2.75) is 39.7 Å². The lowest BCUT2D eigenvalue weighted by atomic mass is 10.1. The summed E-state index contributed by atoms with van der Waals surface area (Å²) in [4.78, 5) is 40.0. The predicted molar refractivity (Wildman–Crippen MR) is 110 cm³/mol. The third-order valence-corrected chi connectivity index (χ3v) is 6.00. The maximum atomic E-state index is 12.8. The summed E-state index contributed by atoms with van der Waals surface area (Å²) in [5.41, 5.74) is 1.81. The molecule has 7 heteroatoms. The van der Waals surface area contributed by atoms with Crippen LogP contribution in [0, 0.1) is 19.8 Å². The Bertz CT molecular complexity index is 903. The molecule has 0 bridgehead atoms. The quantitative estimate of drug-likeness (QED) is 0.746. The molecular weight excluding hydrogens is 376 g/mol. The van der Waals surface area contributed by atoms with Crippen LogP contribution in [-0.4, -0.2) is 30.9 Å². The molecule has 1 aromatic carbocycles. The number of carbonyl (C=O) groups excluding carboxylic acids is 3. The summed E-state index contributed by atoms with van der Waals surface area (Å²) in [5, 5.41) is 3.34. The first-order valence-corrected chi connectivity index (χ1v) is 10.1. The second-order valence-corrected chi connectivity index (χ2v) is 8.26. The largest absolute Gasteiger partial charge is 0.449 e. The number of esters is 1. The van der Waals surface area contributed by atoms with Crippen molar-refractivity contribution in [2.24, 2.45) is 5.92 Å². The number of benzene rings is 1. The fourth-order valence-corrected chi connectivity index (χ4v) is 3.89. The van der Waals surface area contributed by atoms with E-state index in [-0.39, 0.29) is 17.7 Å². The van der Waals surface area contributed by atoms with E-state index in [9.17, 15) is 14.4 Å². The van der Waals surface area contributed by atoms with Crippen LogP contribution in [0.4, 0.5) is 10.7 Å². The van der Waals surface area contributed by atoms with Gasteiger partial charge < -0.3 is 15.0 Å². The minimum Gasteiger partial charge on any atom is -0.449 e. The Morgan fingerprint density at radius 1 is 1.18 bits per heavy atom. The number of aryl methyl sites for hydroxylation is 1. The average Bonchev–Trinajstić information content (AvgIpc) is 3.48. The van der Waals surface area contributed by atoms with Gasteiger partial charge in [-0.3, -0.25) is 9.59 Å². The lowest BCUT2D eigenvalue weighted by molar-refractivity contribution is -0.126. The van der Waals surface area contributed by atoms with Gasteiger partial charge in [0.25, 0.3) is 5.91 Å². The Hall–Kier alpha value is -2.67. The van der Waals surface area contributed by atoms with Crippen molar-refractivity contribution in [3.8, 4) is 0 Å². The normalized spacial score (nSPS) is 14.3. The minimum absolute atomic E-state index is 0.0339. The number of amides is 2. The Balaban J connectivity index is 1.73. The molecule has 3 rings (SSSR count). The standard InChI is InChI=1S/C21H24N2O4S/c1-12-14(3)28-19(22-18(24)15-10-11-15)17(12)21(26)27-13(2)20(25)23(4)16-8-6-5-7-9-16/h5-9,13,15H,10-11H2,1-4H3,(H,22,24)/t13-/m0/s1. The van der Waals surface area contributed by atoms with Crippen LogP contribution in [0.1, 0.15) is 40.6 Å². The summed E-state index contributed by atoms with van der Waals surface area (Å²) in [6.45, 7) is 5.26. The van der Waals surface area contributed by atoms with E-state index in [4.69, 9.17) is 4.74 Å². The van der Waals surface area contributed by atoms with Crippen molar-refractivity contribution in [2.75, 3.05) is 17.3 Å². The van der Waals surface area contributed by atoms with Gasteiger partial charge in [-0.15, -0.1) is 11.3 Å². The molecule has 1 fully saturated rings. The van der Waals surface area contributed by atoms with E-state index in [2.05, 4.69) is 5.32 Å². The highest BCUT2D eigenvalue weighted by molar-refractivity contribution is 7.16. The summed E-state index contributed by atoms with van der Waals surface area (Å²) in [6.07, 6.45) is 0.808. The number of hydrogen-bond acceptors (Lipinski definition) is 5. The number of anilines is 2. The van der Waals surface area contributed by atoms with Gasteiger partial charge in [0.15, 0.2) is 6.10 Å². The molecule has 1 heterocycles. The van der Waals surface area contributed by atoms with Crippen molar-refractivity contribution < 1.29 is 19.1 Å². The molecule has 1 aliphatic rings. The molecule has 1 saturated carbocycles. The Labute approximate surface area is 168 Å². The molecule has 0 unspecified atom stereocenters. The number of carbonyl (C=O) groups is 3. The molecule has 0 radical (unpaired) electrons. The molecule has 1 atom stereocenters. The van der Waals surface area contributed by atoms with Gasteiger partial charge in [-0.05, 0) is 51.3 Å².